The van der Waals surface area contributed by atoms with Crippen molar-refractivity contribution in [3.05, 3.63) is 0 Å². The van der Waals surface area contributed by atoms with Crippen LogP contribution in [0.5, 0.6) is 0 Å². The van der Waals surface area contributed by atoms with Crippen LogP contribution in [-0.4, -0.2) is 49.6 Å². The van der Waals surface area contributed by atoms with E-state index in [1.807, 2.05) is 0 Å². The van der Waals surface area contributed by atoms with Crippen LogP contribution in [0.25, 0.3) is 0 Å². The summed E-state index contributed by atoms with van der Waals surface area (Å²) in [7, 11) is 2.21. The van der Waals surface area contributed by atoms with Crippen molar-refractivity contribution in [3.8, 4) is 12.3 Å². The summed E-state index contributed by atoms with van der Waals surface area (Å²) in [6.07, 6.45) is 5.28. The maximum Gasteiger partial charge on any atom is 0.0599 e. The van der Waals surface area contributed by atoms with E-state index in [0.29, 0.717) is 0 Å². The van der Waals surface area contributed by atoms with E-state index in [2.05, 4.69) is 22.8 Å². The lowest BCUT2D eigenvalue weighted by molar-refractivity contribution is 0.301. The first-order valence-corrected chi connectivity index (χ1v) is 4.64. The van der Waals surface area contributed by atoms with E-state index in [9.17, 15) is 0 Å². The molecule has 2 fully saturated rings. The quantitative estimate of drug-likeness (QED) is 0.508. The van der Waals surface area contributed by atoms with E-state index in [0.717, 1.165) is 18.4 Å². The second-order valence-corrected chi connectivity index (χ2v) is 4.14. The molecule has 2 aliphatic heterocycles. The molecule has 2 nitrogen and oxygen atoms in total. The van der Waals surface area contributed by atoms with Gasteiger partial charge in [0.2, 0.25) is 0 Å². The largest absolute Gasteiger partial charge is 0.306 e. The lowest BCUT2D eigenvalue weighted by Crippen LogP contribution is -2.27. The standard InChI is InChI=1S/C10H16N2/c1-3-4-12-7-9-5-11(2)6-10(9)8-12/h1,9-10H,4-8H2,2H3/t9-,10+. The molecule has 2 atom stereocenters. The summed E-state index contributed by atoms with van der Waals surface area (Å²) in [5.41, 5.74) is 0. The molecule has 2 rings (SSSR count). The van der Waals surface area contributed by atoms with Crippen molar-refractivity contribution in [1.29, 1.82) is 0 Å². The predicted molar refractivity (Wildman–Crippen MR) is 49.8 cm³/mol. The van der Waals surface area contributed by atoms with E-state index in [1.54, 1.807) is 0 Å². The molecule has 0 N–H and O–H groups in total. The molecule has 2 saturated heterocycles. The minimum atomic E-state index is 0.844. The Balaban J connectivity index is 1.90. The van der Waals surface area contributed by atoms with Crippen LogP contribution >= 0.6 is 0 Å². The van der Waals surface area contributed by atoms with Gasteiger partial charge in [-0.3, -0.25) is 4.90 Å². The summed E-state index contributed by atoms with van der Waals surface area (Å²) in [4.78, 5) is 4.84. The predicted octanol–water partition coefficient (Wildman–Crippen LogP) is 0.113. The number of rotatable bonds is 1. The highest BCUT2D eigenvalue weighted by atomic mass is 15.2. The third kappa shape index (κ3) is 1.35. The number of likely N-dealkylation sites (tertiary alicyclic amines) is 2. The van der Waals surface area contributed by atoms with Crippen LogP contribution in [0.15, 0.2) is 0 Å². The number of fused-ring (bicyclic) bond motifs is 1. The van der Waals surface area contributed by atoms with E-state index in [4.69, 9.17) is 6.42 Å². The fraction of sp³-hybridized carbons (Fsp3) is 0.800. The van der Waals surface area contributed by atoms with Gasteiger partial charge in [0.1, 0.15) is 0 Å². The maximum atomic E-state index is 5.28. The number of hydrogen-bond acceptors (Lipinski definition) is 2. The molecular formula is C10H16N2. The lowest BCUT2D eigenvalue weighted by Gasteiger charge is -2.15. The Bertz CT molecular complexity index is 192. The highest BCUT2D eigenvalue weighted by molar-refractivity contribution is 4.96. The van der Waals surface area contributed by atoms with Gasteiger partial charge in [-0.1, -0.05) is 5.92 Å². The third-order valence-electron chi connectivity index (χ3n) is 3.06. The minimum Gasteiger partial charge on any atom is -0.306 e. The molecule has 0 aromatic heterocycles. The lowest BCUT2D eigenvalue weighted by atomic mass is 10.0. The molecule has 0 aliphatic carbocycles. The number of terminal acetylenes is 1. The molecule has 2 aliphatic rings. The molecule has 0 amide bonds. The van der Waals surface area contributed by atoms with Crippen molar-refractivity contribution in [1.82, 2.24) is 9.80 Å². The van der Waals surface area contributed by atoms with Crippen LogP contribution < -0.4 is 0 Å². The van der Waals surface area contributed by atoms with Crippen molar-refractivity contribution in [3.63, 3.8) is 0 Å². The molecule has 66 valence electrons. The fourth-order valence-corrected chi connectivity index (χ4v) is 2.58. The Morgan fingerprint density at radius 2 is 1.83 bits per heavy atom. The Labute approximate surface area is 74.5 Å². The summed E-state index contributed by atoms with van der Waals surface area (Å²) in [6.45, 7) is 5.83. The third-order valence-corrected chi connectivity index (χ3v) is 3.06. The van der Waals surface area contributed by atoms with Crippen LogP contribution in [0.2, 0.25) is 0 Å². The van der Waals surface area contributed by atoms with Crippen LogP contribution in [0, 0.1) is 24.2 Å². The van der Waals surface area contributed by atoms with Gasteiger partial charge in [-0.05, 0) is 18.9 Å². The molecule has 0 bridgehead atoms. The van der Waals surface area contributed by atoms with E-state index in [-0.39, 0.29) is 0 Å². The zero-order valence-electron chi connectivity index (χ0n) is 7.66. The highest BCUT2D eigenvalue weighted by Crippen LogP contribution is 2.29. The summed E-state index contributed by atoms with van der Waals surface area (Å²) in [6, 6.07) is 0. The van der Waals surface area contributed by atoms with Crippen LogP contribution in [-0.2, 0) is 0 Å². The first kappa shape index (κ1) is 8.10. The fourth-order valence-electron chi connectivity index (χ4n) is 2.58. The van der Waals surface area contributed by atoms with Gasteiger partial charge in [-0.25, -0.2) is 0 Å². The van der Waals surface area contributed by atoms with Gasteiger partial charge in [-0.2, -0.15) is 0 Å². The zero-order chi connectivity index (χ0) is 8.55. The summed E-state index contributed by atoms with van der Waals surface area (Å²) < 4.78 is 0. The molecular weight excluding hydrogens is 148 g/mol. The van der Waals surface area contributed by atoms with E-state index >= 15 is 0 Å². The topological polar surface area (TPSA) is 6.48 Å². The van der Waals surface area contributed by atoms with Crippen LogP contribution in [0.3, 0.4) is 0 Å². The van der Waals surface area contributed by atoms with Gasteiger partial charge in [0.25, 0.3) is 0 Å². The second kappa shape index (κ2) is 3.08. The van der Waals surface area contributed by atoms with Crippen LogP contribution in [0.1, 0.15) is 0 Å². The molecule has 0 radical (unpaired) electrons. The minimum absolute atomic E-state index is 0.844. The molecule has 0 aromatic carbocycles. The molecule has 2 heteroatoms. The zero-order valence-corrected chi connectivity index (χ0v) is 7.66. The summed E-state index contributed by atoms with van der Waals surface area (Å²) in [5.74, 6) is 4.51. The van der Waals surface area contributed by atoms with Crippen LogP contribution in [0.4, 0.5) is 0 Å². The van der Waals surface area contributed by atoms with E-state index in [1.165, 1.54) is 26.2 Å². The first-order valence-electron chi connectivity index (χ1n) is 4.64. The smallest absolute Gasteiger partial charge is 0.0599 e. The van der Waals surface area contributed by atoms with Crippen molar-refractivity contribution < 1.29 is 0 Å². The molecule has 0 saturated carbocycles. The Hall–Kier alpha value is -0.520. The van der Waals surface area contributed by atoms with Gasteiger partial charge < -0.3 is 4.90 Å². The van der Waals surface area contributed by atoms with Crippen molar-refractivity contribution >= 4 is 0 Å². The monoisotopic (exact) mass is 164 g/mol. The maximum absolute atomic E-state index is 5.28. The Morgan fingerprint density at radius 1 is 1.25 bits per heavy atom. The van der Waals surface area contributed by atoms with Gasteiger partial charge >= 0.3 is 0 Å². The van der Waals surface area contributed by atoms with Crippen molar-refractivity contribution in [2.75, 3.05) is 39.8 Å². The first-order chi connectivity index (χ1) is 5.79. The summed E-state index contributed by atoms with van der Waals surface area (Å²) >= 11 is 0. The molecule has 0 aromatic rings. The van der Waals surface area contributed by atoms with E-state index < -0.39 is 0 Å². The Morgan fingerprint density at radius 3 is 2.33 bits per heavy atom. The van der Waals surface area contributed by atoms with Gasteiger partial charge in [-0.15, -0.1) is 6.42 Å². The molecule has 2 heterocycles. The molecule has 0 spiro atoms. The average Bonchev–Trinajstić information content (AvgIpc) is 2.44. The second-order valence-electron chi connectivity index (χ2n) is 4.14. The average molecular weight is 164 g/mol. The number of nitrogens with zero attached hydrogens (tertiary/aromatic N) is 2. The van der Waals surface area contributed by atoms with Gasteiger partial charge in [0.05, 0.1) is 6.54 Å². The SMILES string of the molecule is C#CCN1C[C@H]2CN(C)C[C@H]2C1. The van der Waals surface area contributed by atoms with Gasteiger partial charge in [0.15, 0.2) is 0 Å². The Kier molecular flexibility index (Phi) is 2.08. The summed E-state index contributed by atoms with van der Waals surface area (Å²) in [5, 5.41) is 0. The van der Waals surface area contributed by atoms with Crippen molar-refractivity contribution in [2.45, 2.75) is 0 Å². The normalized spacial score (nSPS) is 36.7. The molecule has 0 unspecified atom stereocenters. The van der Waals surface area contributed by atoms with Crippen molar-refractivity contribution in [2.24, 2.45) is 11.8 Å². The van der Waals surface area contributed by atoms with Gasteiger partial charge in [0, 0.05) is 26.2 Å². The number of hydrogen-bond donors (Lipinski definition) is 0. The highest BCUT2D eigenvalue weighted by Gasteiger charge is 2.37. The molecule has 12 heavy (non-hydrogen) atoms.